The van der Waals surface area contributed by atoms with Crippen molar-refractivity contribution in [3.8, 4) is 0 Å². The highest BCUT2D eigenvalue weighted by Crippen LogP contribution is 2.22. The van der Waals surface area contributed by atoms with Gasteiger partial charge in [0.1, 0.15) is 5.82 Å². The van der Waals surface area contributed by atoms with Crippen molar-refractivity contribution < 1.29 is 4.79 Å². The molecular weight excluding hydrogens is 252 g/mol. The summed E-state index contributed by atoms with van der Waals surface area (Å²) in [5.41, 5.74) is 8.43. The number of aromatic nitrogens is 1. The maximum Gasteiger partial charge on any atom is 0.221 e. The topological polar surface area (TPSA) is 80.0 Å². The number of nitrogens with two attached hydrogens (primary N) is 1. The number of hydrogen-bond donors (Lipinski definition) is 3. The first-order chi connectivity index (χ1) is 9.54. The lowest BCUT2D eigenvalue weighted by Crippen LogP contribution is -2.09. The van der Waals surface area contributed by atoms with Gasteiger partial charge in [-0.2, -0.15) is 0 Å². The Morgan fingerprint density at radius 2 is 2.05 bits per heavy atom. The first kappa shape index (κ1) is 13.9. The lowest BCUT2D eigenvalue weighted by Gasteiger charge is -2.16. The fourth-order valence-corrected chi connectivity index (χ4v) is 1.96. The molecule has 0 spiro atoms. The Bertz CT molecular complexity index is 612. The predicted octanol–water partition coefficient (Wildman–Crippen LogP) is 2.80. The van der Waals surface area contributed by atoms with E-state index in [1.807, 2.05) is 37.3 Å². The highest BCUT2D eigenvalue weighted by Gasteiger charge is 2.07. The first-order valence-electron chi connectivity index (χ1n) is 6.40. The largest absolute Gasteiger partial charge is 0.384 e. The summed E-state index contributed by atoms with van der Waals surface area (Å²) in [5.74, 6) is 0.402. The van der Waals surface area contributed by atoms with Crippen LogP contribution in [0.15, 0.2) is 42.6 Å². The zero-order valence-electron chi connectivity index (χ0n) is 11.6. The summed E-state index contributed by atoms with van der Waals surface area (Å²) in [7, 11) is 0. The molecule has 0 aliphatic rings. The van der Waals surface area contributed by atoms with E-state index in [0.717, 1.165) is 16.9 Å². The Labute approximate surface area is 118 Å². The van der Waals surface area contributed by atoms with Crippen LogP contribution < -0.4 is 16.4 Å². The molecule has 0 aliphatic heterocycles. The summed E-state index contributed by atoms with van der Waals surface area (Å²) in [6, 6.07) is 11.5. The molecule has 0 saturated carbocycles. The average Bonchev–Trinajstić information content (AvgIpc) is 2.38. The van der Waals surface area contributed by atoms with Crippen LogP contribution in [0.5, 0.6) is 0 Å². The van der Waals surface area contributed by atoms with Crippen molar-refractivity contribution >= 4 is 23.1 Å². The number of anilines is 3. The lowest BCUT2D eigenvalue weighted by atomic mass is 10.1. The molecule has 1 atom stereocenters. The molecular formula is C15H18N4O. The van der Waals surface area contributed by atoms with Gasteiger partial charge in [-0.1, -0.05) is 12.1 Å². The monoisotopic (exact) mass is 270 g/mol. The molecule has 104 valence electrons. The molecule has 5 nitrogen and oxygen atoms in total. The fraction of sp³-hybridized carbons (Fsp3) is 0.200. The van der Waals surface area contributed by atoms with Gasteiger partial charge in [-0.3, -0.25) is 4.79 Å². The van der Waals surface area contributed by atoms with Crippen LogP contribution >= 0.6 is 0 Å². The number of nitrogen functional groups attached to an aromatic ring is 1. The van der Waals surface area contributed by atoms with Crippen LogP contribution in [0, 0.1) is 0 Å². The molecule has 0 aliphatic carbocycles. The van der Waals surface area contributed by atoms with Crippen LogP contribution in [0.2, 0.25) is 0 Å². The summed E-state index contributed by atoms with van der Waals surface area (Å²) >= 11 is 0. The molecule has 1 aromatic heterocycles. The van der Waals surface area contributed by atoms with Crippen molar-refractivity contribution in [3.63, 3.8) is 0 Å². The third-order valence-electron chi connectivity index (χ3n) is 2.87. The van der Waals surface area contributed by atoms with Crippen molar-refractivity contribution in [2.45, 2.75) is 19.9 Å². The Kier molecular flexibility index (Phi) is 4.20. The molecule has 0 bridgehead atoms. The molecule has 1 amide bonds. The van der Waals surface area contributed by atoms with Crippen molar-refractivity contribution in [2.75, 3.05) is 16.4 Å². The molecule has 0 saturated heterocycles. The van der Waals surface area contributed by atoms with Gasteiger partial charge in [0, 0.05) is 36.6 Å². The van der Waals surface area contributed by atoms with E-state index < -0.39 is 0 Å². The summed E-state index contributed by atoms with van der Waals surface area (Å²) < 4.78 is 0. The van der Waals surface area contributed by atoms with E-state index in [0.29, 0.717) is 5.82 Å². The summed E-state index contributed by atoms with van der Waals surface area (Å²) in [5, 5.41) is 6.12. The zero-order chi connectivity index (χ0) is 14.5. The number of benzene rings is 1. The molecule has 0 fully saturated rings. The molecule has 1 heterocycles. The normalized spacial score (nSPS) is 11.7. The standard InChI is InChI=1S/C15H18N4O/c1-10(18-14-6-7-17-15(16)9-14)12-4-3-5-13(8-12)19-11(2)20/h3-10H,1-2H3,(H,19,20)(H3,16,17,18). The highest BCUT2D eigenvalue weighted by molar-refractivity contribution is 5.88. The van der Waals surface area contributed by atoms with Crippen LogP contribution in [-0.4, -0.2) is 10.9 Å². The Balaban J connectivity index is 2.12. The van der Waals surface area contributed by atoms with Crippen LogP contribution in [0.3, 0.4) is 0 Å². The summed E-state index contributed by atoms with van der Waals surface area (Å²) in [6.07, 6.45) is 1.66. The first-order valence-corrected chi connectivity index (χ1v) is 6.40. The third-order valence-corrected chi connectivity index (χ3v) is 2.87. The molecule has 20 heavy (non-hydrogen) atoms. The van der Waals surface area contributed by atoms with E-state index in [-0.39, 0.29) is 11.9 Å². The summed E-state index contributed by atoms with van der Waals surface area (Å²) in [4.78, 5) is 15.0. The number of carbonyl (C=O) groups is 1. The molecule has 1 unspecified atom stereocenters. The van der Waals surface area contributed by atoms with E-state index in [4.69, 9.17) is 5.73 Å². The SMILES string of the molecule is CC(=O)Nc1cccc(C(C)Nc2ccnc(N)c2)c1. The molecule has 2 rings (SSSR count). The lowest BCUT2D eigenvalue weighted by molar-refractivity contribution is -0.114. The predicted molar refractivity (Wildman–Crippen MR) is 81.4 cm³/mol. The number of pyridine rings is 1. The number of rotatable bonds is 4. The maximum absolute atomic E-state index is 11.1. The van der Waals surface area contributed by atoms with Crippen LogP contribution in [0.4, 0.5) is 17.2 Å². The van der Waals surface area contributed by atoms with Crippen LogP contribution in [-0.2, 0) is 4.79 Å². The fourth-order valence-electron chi connectivity index (χ4n) is 1.96. The number of nitrogens with zero attached hydrogens (tertiary/aromatic N) is 1. The number of amides is 1. The van der Waals surface area contributed by atoms with E-state index in [9.17, 15) is 4.79 Å². The van der Waals surface area contributed by atoms with Crippen molar-refractivity contribution in [2.24, 2.45) is 0 Å². The van der Waals surface area contributed by atoms with E-state index >= 15 is 0 Å². The number of nitrogens with one attached hydrogen (secondary N) is 2. The third kappa shape index (κ3) is 3.71. The minimum Gasteiger partial charge on any atom is -0.384 e. The maximum atomic E-state index is 11.1. The Morgan fingerprint density at radius 1 is 1.25 bits per heavy atom. The Hall–Kier alpha value is -2.56. The second-order valence-corrected chi connectivity index (χ2v) is 4.64. The Morgan fingerprint density at radius 3 is 2.75 bits per heavy atom. The molecule has 4 N–H and O–H groups in total. The van der Waals surface area contributed by atoms with Gasteiger partial charge >= 0.3 is 0 Å². The number of carbonyl (C=O) groups excluding carboxylic acids is 1. The zero-order valence-corrected chi connectivity index (χ0v) is 11.6. The minimum absolute atomic E-state index is 0.0790. The van der Waals surface area contributed by atoms with Crippen molar-refractivity contribution in [3.05, 3.63) is 48.2 Å². The molecule has 0 radical (unpaired) electrons. The van der Waals surface area contributed by atoms with Gasteiger partial charge in [0.2, 0.25) is 5.91 Å². The minimum atomic E-state index is -0.0790. The molecule has 2 aromatic rings. The summed E-state index contributed by atoms with van der Waals surface area (Å²) in [6.45, 7) is 3.54. The second kappa shape index (κ2) is 6.06. The number of hydrogen-bond acceptors (Lipinski definition) is 4. The second-order valence-electron chi connectivity index (χ2n) is 4.64. The van der Waals surface area contributed by atoms with Crippen LogP contribution in [0.1, 0.15) is 25.5 Å². The van der Waals surface area contributed by atoms with Crippen molar-refractivity contribution in [1.29, 1.82) is 0 Å². The van der Waals surface area contributed by atoms with Crippen molar-refractivity contribution in [1.82, 2.24) is 4.98 Å². The van der Waals surface area contributed by atoms with Gasteiger partial charge in [0.25, 0.3) is 0 Å². The quantitative estimate of drug-likeness (QED) is 0.798. The van der Waals surface area contributed by atoms with Gasteiger partial charge in [0.05, 0.1) is 0 Å². The van der Waals surface area contributed by atoms with Gasteiger partial charge < -0.3 is 16.4 Å². The van der Waals surface area contributed by atoms with E-state index in [1.165, 1.54) is 6.92 Å². The average molecular weight is 270 g/mol. The van der Waals surface area contributed by atoms with Gasteiger partial charge in [-0.15, -0.1) is 0 Å². The van der Waals surface area contributed by atoms with Crippen LogP contribution in [0.25, 0.3) is 0 Å². The van der Waals surface area contributed by atoms with Gasteiger partial charge in [-0.25, -0.2) is 4.98 Å². The molecule has 1 aromatic carbocycles. The smallest absolute Gasteiger partial charge is 0.221 e. The van der Waals surface area contributed by atoms with Gasteiger partial charge in [-0.05, 0) is 30.7 Å². The van der Waals surface area contributed by atoms with Gasteiger partial charge in [0.15, 0.2) is 0 Å². The van der Waals surface area contributed by atoms with E-state index in [1.54, 1.807) is 12.3 Å². The van der Waals surface area contributed by atoms with E-state index in [2.05, 4.69) is 15.6 Å². The highest BCUT2D eigenvalue weighted by atomic mass is 16.1. The molecule has 5 heteroatoms.